The first-order valence-electron chi connectivity index (χ1n) is 7.60. The maximum Gasteiger partial charge on any atom is 0.0521 e. The fourth-order valence-electron chi connectivity index (χ4n) is 2.55. The van der Waals surface area contributed by atoms with Crippen molar-refractivity contribution >= 4 is 11.6 Å². The second kappa shape index (κ2) is 8.20. The topological polar surface area (TPSA) is 29.9 Å². The molecule has 0 fully saturated rings. The summed E-state index contributed by atoms with van der Waals surface area (Å²) in [7, 11) is 1.97. The highest BCUT2D eigenvalue weighted by Crippen LogP contribution is 2.17. The van der Waals surface area contributed by atoms with Gasteiger partial charge in [0.25, 0.3) is 0 Å². The number of nitrogens with one attached hydrogen (secondary N) is 1. The molecule has 0 spiro atoms. The van der Waals surface area contributed by atoms with Gasteiger partial charge in [-0.05, 0) is 61.5 Å². The zero-order valence-corrected chi connectivity index (χ0v) is 13.6. The van der Waals surface area contributed by atoms with E-state index in [0.717, 1.165) is 31.0 Å². The second-order valence-electron chi connectivity index (χ2n) is 5.57. The van der Waals surface area contributed by atoms with Crippen molar-refractivity contribution in [2.75, 3.05) is 13.1 Å². The summed E-state index contributed by atoms with van der Waals surface area (Å²) >= 11 is 5.95. The third-order valence-corrected chi connectivity index (χ3v) is 3.97. The van der Waals surface area contributed by atoms with Crippen molar-refractivity contribution in [2.24, 2.45) is 13.0 Å². The minimum absolute atomic E-state index is 0.631. The van der Waals surface area contributed by atoms with Crippen LogP contribution in [0.2, 0.25) is 5.02 Å². The van der Waals surface area contributed by atoms with Crippen LogP contribution < -0.4 is 5.32 Å². The van der Waals surface area contributed by atoms with Crippen LogP contribution in [0.4, 0.5) is 0 Å². The number of aryl methyl sites for hydroxylation is 2. The van der Waals surface area contributed by atoms with Crippen LogP contribution >= 0.6 is 11.6 Å². The van der Waals surface area contributed by atoms with Crippen LogP contribution in [0.25, 0.3) is 0 Å². The molecule has 1 aromatic heterocycles. The van der Waals surface area contributed by atoms with Crippen molar-refractivity contribution in [1.29, 1.82) is 0 Å². The summed E-state index contributed by atoms with van der Waals surface area (Å²) in [5.74, 6) is 0.631. The Balaban J connectivity index is 1.91. The van der Waals surface area contributed by atoms with Crippen LogP contribution in [0.15, 0.2) is 36.7 Å². The second-order valence-corrected chi connectivity index (χ2v) is 6.00. The predicted octanol–water partition coefficient (Wildman–Crippen LogP) is 3.47. The van der Waals surface area contributed by atoms with Gasteiger partial charge in [0.05, 0.1) is 6.20 Å². The van der Waals surface area contributed by atoms with Crippen molar-refractivity contribution in [1.82, 2.24) is 15.1 Å². The van der Waals surface area contributed by atoms with Gasteiger partial charge in [0.15, 0.2) is 0 Å². The van der Waals surface area contributed by atoms with E-state index < -0.39 is 0 Å². The van der Waals surface area contributed by atoms with Gasteiger partial charge in [-0.2, -0.15) is 5.10 Å². The van der Waals surface area contributed by atoms with Gasteiger partial charge in [-0.1, -0.05) is 30.7 Å². The van der Waals surface area contributed by atoms with E-state index in [-0.39, 0.29) is 0 Å². The number of halogens is 1. The minimum atomic E-state index is 0.631. The summed E-state index contributed by atoms with van der Waals surface area (Å²) < 4.78 is 1.87. The molecule has 2 rings (SSSR count). The highest BCUT2D eigenvalue weighted by atomic mass is 35.5. The molecule has 1 N–H and O–H groups in total. The van der Waals surface area contributed by atoms with Crippen molar-refractivity contribution in [3.8, 4) is 0 Å². The summed E-state index contributed by atoms with van der Waals surface area (Å²) in [6, 6.07) is 8.21. The molecule has 0 amide bonds. The molecule has 0 aliphatic carbocycles. The van der Waals surface area contributed by atoms with E-state index in [2.05, 4.69) is 35.7 Å². The summed E-state index contributed by atoms with van der Waals surface area (Å²) in [6.45, 7) is 4.23. The number of nitrogens with zero attached hydrogens (tertiary/aromatic N) is 2. The number of benzene rings is 1. The average molecular weight is 306 g/mol. The highest BCUT2D eigenvalue weighted by Gasteiger charge is 2.10. The fraction of sp³-hybridized carbons (Fsp3) is 0.471. The van der Waals surface area contributed by atoms with Crippen molar-refractivity contribution in [3.63, 3.8) is 0 Å². The zero-order chi connectivity index (χ0) is 15.1. The monoisotopic (exact) mass is 305 g/mol. The molecule has 0 saturated heterocycles. The Morgan fingerprint density at radius 1 is 1.24 bits per heavy atom. The third-order valence-electron chi connectivity index (χ3n) is 3.72. The lowest BCUT2D eigenvalue weighted by Crippen LogP contribution is -2.24. The summed E-state index contributed by atoms with van der Waals surface area (Å²) in [4.78, 5) is 0. The zero-order valence-electron chi connectivity index (χ0n) is 12.8. The summed E-state index contributed by atoms with van der Waals surface area (Å²) in [5.41, 5.74) is 2.67. The first kappa shape index (κ1) is 16.1. The number of rotatable bonds is 8. The van der Waals surface area contributed by atoms with Crippen molar-refractivity contribution in [2.45, 2.75) is 26.2 Å². The lowest BCUT2D eigenvalue weighted by Gasteiger charge is -2.17. The Kier molecular flexibility index (Phi) is 6.27. The van der Waals surface area contributed by atoms with Crippen LogP contribution in [0.1, 0.15) is 24.5 Å². The van der Waals surface area contributed by atoms with E-state index >= 15 is 0 Å². The Morgan fingerprint density at radius 3 is 2.62 bits per heavy atom. The van der Waals surface area contributed by atoms with Gasteiger partial charge >= 0.3 is 0 Å². The first-order chi connectivity index (χ1) is 10.2. The molecular weight excluding hydrogens is 282 g/mol. The Labute approximate surface area is 132 Å². The maximum atomic E-state index is 5.95. The molecule has 1 unspecified atom stereocenters. The van der Waals surface area contributed by atoms with E-state index in [9.17, 15) is 0 Å². The normalized spacial score (nSPS) is 12.5. The lowest BCUT2D eigenvalue weighted by molar-refractivity contribution is 0.449. The highest BCUT2D eigenvalue weighted by molar-refractivity contribution is 6.30. The molecule has 0 aliphatic heterocycles. The van der Waals surface area contributed by atoms with Crippen LogP contribution in [-0.4, -0.2) is 22.9 Å². The molecule has 2 aromatic rings. The van der Waals surface area contributed by atoms with Crippen molar-refractivity contribution in [3.05, 3.63) is 52.8 Å². The molecule has 21 heavy (non-hydrogen) atoms. The van der Waals surface area contributed by atoms with Crippen molar-refractivity contribution < 1.29 is 0 Å². The summed E-state index contributed by atoms with van der Waals surface area (Å²) in [5, 5.41) is 8.51. The minimum Gasteiger partial charge on any atom is -0.317 e. The molecule has 1 atom stereocenters. The molecule has 1 aromatic carbocycles. The van der Waals surface area contributed by atoms with E-state index in [4.69, 9.17) is 11.6 Å². The number of aromatic nitrogens is 2. The predicted molar refractivity (Wildman–Crippen MR) is 88.7 cm³/mol. The average Bonchev–Trinajstić information content (AvgIpc) is 2.90. The van der Waals surface area contributed by atoms with Gasteiger partial charge < -0.3 is 5.32 Å². The van der Waals surface area contributed by atoms with Gasteiger partial charge in [0.2, 0.25) is 0 Å². The van der Waals surface area contributed by atoms with Gasteiger partial charge in [0, 0.05) is 18.3 Å². The van der Waals surface area contributed by atoms with Gasteiger partial charge in [0.1, 0.15) is 0 Å². The summed E-state index contributed by atoms with van der Waals surface area (Å²) in [6.07, 6.45) is 7.41. The lowest BCUT2D eigenvalue weighted by atomic mass is 9.93. The fourth-order valence-corrected chi connectivity index (χ4v) is 2.68. The Morgan fingerprint density at radius 2 is 2.00 bits per heavy atom. The molecule has 0 bridgehead atoms. The Bertz CT molecular complexity index is 533. The van der Waals surface area contributed by atoms with Gasteiger partial charge in [-0.25, -0.2) is 0 Å². The molecule has 4 heteroatoms. The van der Waals surface area contributed by atoms with Crippen LogP contribution in [0, 0.1) is 5.92 Å². The van der Waals surface area contributed by atoms with E-state index in [1.165, 1.54) is 17.5 Å². The molecule has 114 valence electrons. The number of hydrogen-bond donors (Lipinski definition) is 1. The first-order valence-corrected chi connectivity index (χ1v) is 7.98. The SMILES string of the molecule is CCNCC(CCc1cnn(C)c1)Cc1ccc(Cl)cc1. The third kappa shape index (κ3) is 5.52. The smallest absolute Gasteiger partial charge is 0.0521 e. The van der Waals surface area contributed by atoms with Gasteiger partial charge in [-0.3, -0.25) is 4.68 Å². The van der Waals surface area contributed by atoms with Crippen LogP contribution in [0.3, 0.4) is 0 Å². The maximum absolute atomic E-state index is 5.95. The van der Waals surface area contributed by atoms with Gasteiger partial charge in [-0.15, -0.1) is 0 Å². The largest absolute Gasteiger partial charge is 0.317 e. The van der Waals surface area contributed by atoms with E-state index in [1.54, 1.807) is 0 Å². The molecule has 0 radical (unpaired) electrons. The van der Waals surface area contributed by atoms with E-state index in [0.29, 0.717) is 5.92 Å². The molecule has 3 nitrogen and oxygen atoms in total. The standard InChI is InChI=1S/C17H24ClN3/c1-3-19-11-15(4-5-16-12-20-21(2)13-16)10-14-6-8-17(18)9-7-14/h6-9,12-13,15,19H,3-5,10-11H2,1-2H3. The molecule has 0 saturated carbocycles. The van der Waals surface area contributed by atoms with Crippen LogP contribution in [0.5, 0.6) is 0 Å². The molecule has 0 aliphatic rings. The number of hydrogen-bond acceptors (Lipinski definition) is 2. The Hall–Kier alpha value is -1.32. The van der Waals surface area contributed by atoms with E-state index in [1.807, 2.05) is 30.1 Å². The van der Waals surface area contributed by atoms with Crippen LogP contribution in [-0.2, 0) is 19.9 Å². The molecular formula is C17H24ClN3. The quantitative estimate of drug-likeness (QED) is 0.809. The molecule has 1 heterocycles.